The summed E-state index contributed by atoms with van der Waals surface area (Å²) in [5.74, 6) is -0.289. The van der Waals surface area contributed by atoms with Gasteiger partial charge in [0.15, 0.2) is 18.9 Å². The van der Waals surface area contributed by atoms with Crippen molar-refractivity contribution < 1.29 is 89.4 Å². The van der Waals surface area contributed by atoms with Crippen LogP contribution in [0.3, 0.4) is 0 Å². The second-order valence-corrected chi connectivity index (χ2v) is 24.6. The van der Waals surface area contributed by atoms with E-state index in [4.69, 9.17) is 28.4 Å². The van der Waals surface area contributed by atoms with Crippen LogP contribution in [0.2, 0.25) is 0 Å². The van der Waals surface area contributed by atoms with Gasteiger partial charge < -0.3 is 89.9 Å². The van der Waals surface area contributed by atoms with Crippen LogP contribution in [-0.2, 0) is 33.2 Å². The number of amides is 1. The Kier molecular flexibility index (Phi) is 45.7. The molecule has 3 rings (SSSR count). The quantitative estimate of drug-likeness (QED) is 0.0200. The predicted octanol–water partition coefficient (Wildman–Crippen LogP) is 8.61. The zero-order valence-corrected chi connectivity index (χ0v) is 53.5. The number of allylic oxidation sites excluding steroid dienone is 7. The van der Waals surface area contributed by atoms with Gasteiger partial charge in [0.05, 0.1) is 38.6 Å². The third-order valence-corrected chi connectivity index (χ3v) is 17.1. The van der Waals surface area contributed by atoms with Gasteiger partial charge in [0.2, 0.25) is 5.91 Å². The molecule has 19 heteroatoms. The number of carbonyl (C=O) groups excluding carboxylic acids is 1. The van der Waals surface area contributed by atoms with E-state index in [0.717, 1.165) is 44.9 Å². The SMILES string of the molecule is CCCCCCC/C=C/CC/C=C/CC/C=C/C(O)C(COC1OC(CO)C(OC2OC(CO)C(OC3OC(CO)C(O)C(O)C3O)C(O)C2O)C(O)C1O)NC(=O)CCCCCCCCCCCCCCCCC/C=C\CCCCCCCCCC. The molecule has 17 atom stereocenters. The fourth-order valence-electron chi connectivity index (χ4n) is 11.5. The van der Waals surface area contributed by atoms with E-state index in [1.165, 1.54) is 167 Å². The van der Waals surface area contributed by atoms with Crippen molar-refractivity contribution in [2.45, 2.75) is 349 Å². The highest BCUT2D eigenvalue weighted by atomic mass is 16.8. The van der Waals surface area contributed by atoms with Crippen LogP contribution >= 0.6 is 0 Å². The molecule has 0 spiro atoms. The summed E-state index contributed by atoms with van der Waals surface area (Å²) in [4.78, 5) is 13.4. The molecule has 0 aromatic rings. The van der Waals surface area contributed by atoms with Gasteiger partial charge in [-0.2, -0.15) is 0 Å². The highest BCUT2D eigenvalue weighted by Gasteiger charge is 2.53. The Labute approximate surface area is 523 Å². The molecular formula is C68H123NO18. The van der Waals surface area contributed by atoms with Crippen molar-refractivity contribution in [3.05, 3.63) is 48.6 Å². The van der Waals surface area contributed by atoms with Crippen LogP contribution in [-0.4, -0.2) is 193 Å². The summed E-state index contributed by atoms with van der Waals surface area (Å²) in [7, 11) is 0. The first-order valence-electron chi connectivity index (χ1n) is 34.4. The molecule has 0 aromatic carbocycles. The lowest BCUT2D eigenvalue weighted by Crippen LogP contribution is -2.66. The van der Waals surface area contributed by atoms with Crippen LogP contribution in [0.5, 0.6) is 0 Å². The average Bonchev–Trinajstić information content (AvgIpc) is 2.91. The van der Waals surface area contributed by atoms with Crippen LogP contribution in [0.1, 0.15) is 245 Å². The monoisotopic (exact) mass is 1240 g/mol. The Bertz CT molecular complexity index is 1770. The zero-order chi connectivity index (χ0) is 63.3. The van der Waals surface area contributed by atoms with Crippen LogP contribution in [0.25, 0.3) is 0 Å². The Morgan fingerprint density at radius 3 is 1.15 bits per heavy atom. The summed E-state index contributed by atoms with van der Waals surface area (Å²) in [6.07, 6.45) is 32.4. The number of rotatable bonds is 52. The van der Waals surface area contributed by atoms with Crippen molar-refractivity contribution in [1.29, 1.82) is 0 Å². The molecule has 87 heavy (non-hydrogen) atoms. The van der Waals surface area contributed by atoms with Gasteiger partial charge in [-0.3, -0.25) is 4.79 Å². The molecule has 1 amide bonds. The number of aliphatic hydroxyl groups excluding tert-OH is 11. The van der Waals surface area contributed by atoms with Crippen molar-refractivity contribution in [2.75, 3.05) is 26.4 Å². The highest BCUT2D eigenvalue weighted by Crippen LogP contribution is 2.33. The molecular weight excluding hydrogens is 1120 g/mol. The van der Waals surface area contributed by atoms with Gasteiger partial charge in [-0.05, 0) is 70.6 Å². The van der Waals surface area contributed by atoms with Gasteiger partial charge in [0.1, 0.15) is 73.2 Å². The van der Waals surface area contributed by atoms with E-state index in [2.05, 4.69) is 55.6 Å². The second kappa shape index (κ2) is 50.3. The third kappa shape index (κ3) is 32.7. The second-order valence-electron chi connectivity index (χ2n) is 24.6. The van der Waals surface area contributed by atoms with Gasteiger partial charge in [0.25, 0.3) is 0 Å². The van der Waals surface area contributed by atoms with E-state index in [0.29, 0.717) is 12.8 Å². The number of ether oxygens (including phenoxy) is 6. The average molecular weight is 1240 g/mol. The van der Waals surface area contributed by atoms with E-state index in [1.807, 2.05) is 6.08 Å². The molecule has 0 radical (unpaired) electrons. The lowest BCUT2D eigenvalue weighted by Gasteiger charge is -2.48. The van der Waals surface area contributed by atoms with Crippen molar-refractivity contribution in [2.24, 2.45) is 0 Å². The molecule has 0 bridgehead atoms. The van der Waals surface area contributed by atoms with Crippen molar-refractivity contribution >= 4 is 5.91 Å². The van der Waals surface area contributed by atoms with Crippen molar-refractivity contribution in [1.82, 2.24) is 5.32 Å². The molecule has 0 saturated carbocycles. The predicted molar refractivity (Wildman–Crippen MR) is 337 cm³/mol. The zero-order valence-electron chi connectivity index (χ0n) is 53.5. The number of hydrogen-bond acceptors (Lipinski definition) is 18. The van der Waals surface area contributed by atoms with E-state index >= 15 is 0 Å². The molecule has 3 aliphatic rings. The van der Waals surface area contributed by atoms with Crippen LogP contribution in [0, 0.1) is 0 Å². The van der Waals surface area contributed by atoms with Crippen LogP contribution in [0.15, 0.2) is 48.6 Å². The van der Waals surface area contributed by atoms with E-state index in [1.54, 1.807) is 6.08 Å². The summed E-state index contributed by atoms with van der Waals surface area (Å²) in [5, 5.41) is 120. The maximum atomic E-state index is 13.4. The summed E-state index contributed by atoms with van der Waals surface area (Å²) < 4.78 is 34.3. The molecule has 0 aliphatic carbocycles. The van der Waals surface area contributed by atoms with Crippen LogP contribution < -0.4 is 5.32 Å². The van der Waals surface area contributed by atoms with E-state index < -0.39 is 124 Å². The minimum absolute atomic E-state index is 0.233. The van der Waals surface area contributed by atoms with Crippen molar-refractivity contribution in [3.8, 4) is 0 Å². The minimum Gasteiger partial charge on any atom is -0.394 e. The maximum absolute atomic E-state index is 13.4. The van der Waals surface area contributed by atoms with Gasteiger partial charge >= 0.3 is 0 Å². The molecule has 3 fully saturated rings. The largest absolute Gasteiger partial charge is 0.394 e. The standard InChI is InChI=1S/C68H123NO18/c1-3-5-7-9-11-13-15-17-19-20-21-22-23-24-25-26-27-28-29-30-32-34-36-38-40-42-44-46-56(74)69-51(52(73)45-43-41-39-37-35-33-31-18-16-14-12-10-8-6-4-2)50-82-66-62(80)59(77)64(54(48-71)84-66)87-68-63(81)60(78)65(55(49-72)85-68)86-67-61(79)58(76)57(75)53(47-70)83-67/h16,18,20-21,35,37,43,45,51-55,57-68,70-73,75-81H,3-15,17,19,22-34,36,38-42,44,46-50H2,1-2H3,(H,69,74)/b18-16+,21-20-,37-35+,45-43+. The smallest absolute Gasteiger partial charge is 0.220 e. The topological polar surface area (TPSA) is 307 Å². The lowest BCUT2D eigenvalue weighted by atomic mass is 9.96. The Morgan fingerprint density at radius 1 is 0.402 bits per heavy atom. The number of unbranched alkanes of at least 4 members (excludes halogenated alkanes) is 30. The van der Waals surface area contributed by atoms with Gasteiger partial charge in [-0.1, -0.05) is 217 Å². The Balaban J connectivity index is 1.42. The van der Waals surface area contributed by atoms with Gasteiger partial charge in [-0.25, -0.2) is 0 Å². The van der Waals surface area contributed by atoms with E-state index in [9.17, 15) is 61.0 Å². The summed E-state index contributed by atoms with van der Waals surface area (Å²) in [5.41, 5.74) is 0. The number of carbonyl (C=O) groups is 1. The molecule has 3 heterocycles. The fraction of sp³-hybridized carbons (Fsp3) is 0.868. The third-order valence-electron chi connectivity index (χ3n) is 17.1. The Morgan fingerprint density at radius 2 is 0.736 bits per heavy atom. The number of hydrogen-bond donors (Lipinski definition) is 12. The van der Waals surface area contributed by atoms with Crippen LogP contribution in [0.4, 0.5) is 0 Å². The first-order chi connectivity index (χ1) is 42.3. The lowest BCUT2D eigenvalue weighted by molar-refractivity contribution is -0.379. The molecule has 508 valence electrons. The normalized spacial score (nSPS) is 28.9. The first kappa shape index (κ1) is 79.0. The van der Waals surface area contributed by atoms with Gasteiger partial charge in [-0.15, -0.1) is 0 Å². The maximum Gasteiger partial charge on any atom is 0.220 e. The molecule has 3 saturated heterocycles. The molecule has 19 nitrogen and oxygen atoms in total. The molecule has 17 unspecified atom stereocenters. The van der Waals surface area contributed by atoms with Crippen molar-refractivity contribution in [3.63, 3.8) is 0 Å². The minimum atomic E-state index is -1.98. The highest BCUT2D eigenvalue weighted by molar-refractivity contribution is 5.76. The van der Waals surface area contributed by atoms with Gasteiger partial charge in [0, 0.05) is 6.42 Å². The summed E-state index contributed by atoms with van der Waals surface area (Å²) in [6.45, 7) is 1.69. The molecule has 0 aromatic heterocycles. The first-order valence-corrected chi connectivity index (χ1v) is 34.4. The summed E-state index contributed by atoms with van der Waals surface area (Å²) in [6, 6.07) is -0.996. The molecule has 3 aliphatic heterocycles. The number of nitrogens with one attached hydrogen (secondary N) is 1. The summed E-state index contributed by atoms with van der Waals surface area (Å²) >= 11 is 0. The fourth-order valence-corrected chi connectivity index (χ4v) is 11.5. The van der Waals surface area contributed by atoms with E-state index in [-0.39, 0.29) is 18.9 Å². The number of aliphatic hydroxyl groups is 11. The molecule has 12 N–H and O–H groups in total. The Hall–Kier alpha value is -2.25.